The zero-order valence-electron chi connectivity index (χ0n) is 11.3. The molecule has 100 valence electrons. The molecular weight excluding hydrogens is 212 g/mol. The van der Waals surface area contributed by atoms with Crippen molar-refractivity contribution < 1.29 is 4.74 Å². The molecule has 0 spiro atoms. The first-order valence-electron chi connectivity index (χ1n) is 7.37. The lowest BCUT2D eigenvalue weighted by Gasteiger charge is -2.28. The largest absolute Gasteiger partial charge is 0.381 e. The maximum absolute atomic E-state index is 5.40. The number of nitrogens with zero attached hydrogens (tertiary/aromatic N) is 1. The number of methoxy groups -OCH3 is 1. The van der Waals surface area contributed by atoms with Crippen LogP contribution < -0.4 is 5.32 Å². The fraction of sp³-hybridized carbons (Fsp3) is 1.00. The molecule has 0 amide bonds. The summed E-state index contributed by atoms with van der Waals surface area (Å²) in [7, 11) is 1.84. The van der Waals surface area contributed by atoms with Gasteiger partial charge in [0.15, 0.2) is 0 Å². The van der Waals surface area contributed by atoms with E-state index >= 15 is 0 Å². The quantitative estimate of drug-likeness (QED) is 0.719. The molecule has 1 saturated heterocycles. The molecule has 3 heteroatoms. The van der Waals surface area contributed by atoms with Crippen molar-refractivity contribution in [3.05, 3.63) is 0 Å². The smallest absolute Gasteiger partial charge is 0.0572 e. The van der Waals surface area contributed by atoms with Gasteiger partial charge < -0.3 is 15.0 Å². The number of hydrogen-bond acceptors (Lipinski definition) is 3. The molecule has 3 nitrogen and oxygen atoms in total. The van der Waals surface area contributed by atoms with Gasteiger partial charge in [-0.05, 0) is 71.1 Å². The molecule has 0 aromatic heterocycles. The van der Waals surface area contributed by atoms with Crippen LogP contribution in [-0.4, -0.2) is 50.3 Å². The first-order chi connectivity index (χ1) is 8.38. The average molecular weight is 240 g/mol. The minimum atomic E-state index is 0.526. The van der Waals surface area contributed by atoms with E-state index in [1.54, 1.807) is 0 Å². The van der Waals surface area contributed by atoms with Crippen LogP contribution in [0.2, 0.25) is 0 Å². The highest BCUT2D eigenvalue weighted by Gasteiger charge is 2.20. The molecular formula is C14H28N2O. The van der Waals surface area contributed by atoms with Crippen molar-refractivity contribution in [2.45, 2.75) is 57.1 Å². The van der Waals surface area contributed by atoms with Gasteiger partial charge in [0.1, 0.15) is 0 Å². The van der Waals surface area contributed by atoms with Crippen LogP contribution >= 0.6 is 0 Å². The van der Waals surface area contributed by atoms with Gasteiger partial charge in [-0.2, -0.15) is 0 Å². The van der Waals surface area contributed by atoms with E-state index in [2.05, 4.69) is 10.2 Å². The van der Waals surface area contributed by atoms with Crippen LogP contribution in [0.25, 0.3) is 0 Å². The number of ether oxygens (including phenoxy) is 1. The van der Waals surface area contributed by atoms with Crippen molar-refractivity contribution >= 4 is 0 Å². The highest BCUT2D eigenvalue weighted by Crippen LogP contribution is 2.20. The highest BCUT2D eigenvalue weighted by molar-refractivity contribution is 4.77. The molecule has 0 unspecified atom stereocenters. The molecule has 0 aromatic carbocycles. The van der Waals surface area contributed by atoms with Crippen molar-refractivity contribution in [2.24, 2.45) is 0 Å². The lowest BCUT2D eigenvalue weighted by molar-refractivity contribution is 0.0625. The molecule has 17 heavy (non-hydrogen) atoms. The van der Waals surface area contributed by atoms with E-state index in [9.17, 15) is 0 Å². The van der Waals surface area contributed by atoms with Crippen LogP contribution in [0.5, 0.6) is 0 Å². The summed E-state index contributed by atoms with van der Waals surface area (Å²) in [6, 6.07) is 0.750. The Morgan fingerprint density at radius 3 is 2.47 bits per heavy atom. The highest BCUT2D eigenvalue weighted by atomic mass is 16.5. The fourth-order valence-electron chi connectivity index (χ4n) is 3.12. The Bertz CT molecular complexity index is 196. The van der Waals surface area contributed by atoms with Crippen molar-refractivity contribution in [3.8, 4) is 0 Å². The lowest BCUT2D eigenvalue weighted by atomic mass is 9.93. The number of hydrogen-bond donors (Lipinski definition) is 1. The van der Waals surface area contributed by atoms with E-state index in [0.29, 0.717) is 6.10 Å². The average Bonchev–Trinajstić information content (AvgIpc) is 2.88. The van der Waals surface area contributed by atoms with Gasteiger partial charge in [0.2, 0.25) is 0 Å². The second-order valence-electron chi connectivity index (χ2n) is 5.57. The summed E-state index contributed by atoms with van der Waals surface area (Å²) in [6.45, 7) is 5.15. The van der Waals surface area contributed by atoms with Gasteiger partial charge in [-0.1, -0.05) is 0 Å². The zero-order chi connectivity index (χ0) is 11.9. The summed E-state index contributed by atoms with van der Waals surface area (Å²) in [4.78, 5) is 2.60. The Labute approximate surface area is 106 Å². The predicted molar refractivity (Wildman–Crippen MR) is 71.3 cm³/mol. The van der Waals surface area contributed by atoms with Crippen LogP contribution in [0, 0.1) is 0 Å². The minimum absolute atomic E-state index is 0.526. The molecule has 2 rings (SSSR count). The Kier molecular flexibility index (Phi) is 5.75. The molecule has 1 heterocycles. The maximum Gasteiger partial charge on any atom is 0.0572 e. The third-order valence-corrected chi connectivity index (χ3v) is 4.29. The van der Waals surface area contributed by atoms with Crippen LogP contribution in [0.15, 0.2) is 0 Å². The van der Waals surface area contributed by atoms with E-state index < -0.39 is 0 Å². The van der Waals surface area contributed by atoms with Gasteiger partial charge in [-0.3, -0.25) is 0 Å². The van der Waals surface area contributed by atoms with Gasteiger partial charge >= 0.3 is 0 Å². The Morgan fingerprint density at radius 1 is 1.12 bits per heavy atom. The van der Waals surface area contributed by atoms with Gasteiger partial charge in [-0.15, -0.1) is 0 Å². The molecule has 0 atom stereocenters. The Morgan fingerprint density at radius 2 is 1.82 bits per heavy atom. The zero-order valence-corrected chi connectivity index (χ0v) is 11.3. The third-order valence-electron chi connectivity index (χ3n) is 4.29. The van der Waals surface area contributed by atoms with Crippen molar-refractivity contribution in [2.75, 3.05) is 33.3 Å². The summed E-state index contributed by atoms with van der Waals surface area (Å²) in [5, 5.41) is 3.71. The van der Waals surface area contributed by atoms with E-state index in [1.165, 1.54) is 71.1 Å². The summed E-state index contributed by atoms with van der Waals surface area (Å²) < 4.78 is 5.40. The van der Waals surface area contributed by atoms with Gasteiger partial charge in [-0.25, -0.2) is 0 Å². The van der Waals surface area contributed by atoms with Crippen molar-refractivity contribution in [1.82, 2.24) is 10.2 Å². The van der Waals surface area contributed by atoms with E-state index in [-0.39, 0.29) is 0 Å². The van der Waals surface area contributed by atoms with Gasteiger partial charge in [0.05, 0.1) is 6.10 Å². The van der Waals surface area contributed by atoms with Crippen LogP contribution in [0.1, 0.15) is 44.9 Å². The molecule has 1 aliphatic heterocycles. The summed E-state index contributed by atoms with van der Waals surface area (Å²) in [6.07, 6.45) is 9.72. The molecule has 1 saturated carbocycles. The third kappa shape index (κ3) is 4.57. The molecule has 2 fully saturated rings. The SMILES string of the molecule is COC1CCC(NCCCN2CCCC2)CC1. The molecule has 0 radical (unpaired) electrons. The second kappa shape index (κ2) is 7.34. The van der Waals surface area contributed by atoms with E-state index in [1.807, 2.05) is 7.11 Å². The number of nitrogens with one attached hydrogen (secondary N) is 1. The molecule has 1 aliphatic carbocycles. The van der Waals surface area contributed by atoms with Crippen LogP contribution in [-0.2, 0) is 4.74 Å². The maximum atomic E-state index is 5.40. The molecule has 1 N–H and O–H groups in total. The second-order valence-corrected chi connectivity index (χ2v) is 5.57. The summed E-state index contributed by atoms with van der Waals surface area (Å²) in [5.41, 5.74) is 0. The van der Waals surface area contributed by atoms with E-state index in [0.717, 1.165) is 6.04 Å². The number of likely N-dealkylation sites (tertiary alicyclic amines) is 1. The predicted octanol–water partition coefficient (Wildman–Crippen LogP) is 2.02. The van der Waals surface area contributed by atoms with E-state index in [4.69, 9.17) is 4.74 Å². The van der Waals surface area contributed by atoms with Crippen LogP contribution in [0.3, 0.4) is 0 Å². The molecule has 0 bridgehead atoms. The topological polar surface area (TPSA) is 24.5 Å². The van der Waals surface area contributed by atoms with Crippen molar-refractivity contribution in [1.29, 1.82) is 0 Å². The monoisotopic (exact) mass is 240 g/mol. The molecule has 0 aromatic rings. The first kappa shape index (κ1) is 13.3. The summed E-state index contributed by atoms with van der Waals surface area (Å²) >= 11 is 0. The van der Waals surface area contributed by atoms with Crippen molar-refractivity contribution in [3.63, 3.8) is 0 Å². The normalized spacial score (nSPS) is 30.9. The summed E-state index contributed by atoms with van der Waals surface area (Å²) in [5.74, 6) is 0. The number of rotatable bonds is 6. The minimum Gasteiger partial charge on any atom is -0.381 e. The van der Waals surface area contributed by atoms with Gasteiger partial charge in [0.25, 0.3) is 0 Å². The fourth-order valence-corrected chi connectivity index (χ4v) is 3.12. The Hall–Kier alpha value is -0.120. The lowest BCUT2D eigenvalue weighted by Crippen LogP contribution is -2.36. The molecule has 2 aliphatic rings. The Balaban J connectivity index is 1.48. The van der Waals surface area contributed by atoms with Gasteiger partial charge in [0, 0.05) is 13.2 Å². The standard InChI is InChI=1S/C14H28N2O/c1-17-14-7-5-13(6-8-14)15-9-4-12-16-10-2-3-11-16/h13-15H,2-12H2,1H3. The van der Waals surface area contributed by atoms with Crippen LogP contribution in [0.4, 0.5) is 0 Å². The first-order valence-corrected chi connectivity index (χ1v) is 7.37.